The SMILES string of the molecule is C[C@H]1CN(C(=O)COc2ccc(CC(N)=O)cc2)C[C@H](C)N1. The number of nitrogens with two attached hydrogens (primary N) is 1. The van der Waals surface area contributed by atoms with E-state index in [0.29, 0.717) is 30.9 Å². The van der Waals surface area contributed by atoms with Crippen LogP contribution in [0.1, 0.15) is 19.4 Å². The Morgan fingerprint density at radius 2 is 1.82 bits per heavy atom. The second-order valence-corrected chi connectivity index (χ2v) is 5.84. The summed E-state index contributed by atoms with van der Waals surface area (Å²) in [4.78, 5) is 24.8. The summed E-state index contributed by atoms with van der Waals surface area (Å²) in [6.07, 6.45) is 0.204. The number of hydrogen-bond acceptors (Lipinski definition) is 4. The lowest BCUT2D eigenvalue weighted by atomic mass is 10.1. The second kappa shape index (κ2) is 7.26. The Labute approximate surface area is 130 Å². The van der Waals surface area contributed by atoms with Gasteiger partial charge in [0.1, 0.15) is 5.75 Å². The molecule has 120 valence electrons. The van der Waals surface area contributed by atoms with Crippen LogP contribution in [0, 0.1) is 0 Å². The summed E-state index contributed by atoms with van der Waals surface area (Å²) in [5.74, 6) is 0.227. The minimum Gasteiger partial charge on any atom is -0.484 e. The molecule has 2 amide bonds. The van der Waals surface area contributed by atoms with E-state index in [2.05, 4.69) is 19.2 Å². The fourth-order valence-electron chi connectivity index (χ4n) is 2.67. The van der Waals surface area contributed by atoms with E-state index in [1.807, 2.05) is 4.90 Å². The van der Waals surface area contributed by atoms with Crippen LogP contribution in [-0.4, -0.2) is 48.5 Å². The number of amides is 2. The Balaban J connectivity index is 1.84. The van der Waals surface area contributed by atoms with Crippen LogP contribution in [-0.2, 0) is 16.0 Å². The predicted octanol–water partition coefficient (Wildman–Crippen LogP) is 0.302. The summed E-state index contributed by atoms with van der Waals surface area (Å²) in [7, 11) is 0. The van der Waals surface area contributed by atoms with Gasteiger partial charge >= 0.3 is 0 Å². The lowest BCUT2D eigenvalue weighted by Gasteiger charge is -2.36. The summed E-state index contributed by atoms with van der Waals surface area (Å²) in [5, 5.41) is 3.39. The van der Waals surface area contributed by atoms with Crippen LogP contribution in [0.2, 0.25) is 0 Å². The van der Waals surface area contributed by atoms with Gasteiger partial charge < -0.3 is 20.7 Å². The normalized spacial score (nSPS) is 21.5. The fourth-order valence-corrected chi connectivity index (χ4v) is 2.67. The summed E-state index contributed by atoms with van der Waals surface area (Å²) in [6.45, 7) is 5.55. The van der Waals surface area contributed by atoms with Crippen molar-refractivity contribution in [1.29, 1.82) is 0 Å². The number of carbonyl (C=O) groups is 2. The molecule has 6 heteroatoms. The van der Waals surface area contributed by atoms with Gasteiger partial charge in [0.15, 0.2) is 6.61 Å². The van der Waals surface area contributed by atoms with Gasteiger partial charge in [0.25, 0.3) is 5.91 Å². The van der Waals surface area contributed by atoms with Crippen molar-refractivity contribution in [1.82, 2.24) is 10.2 Å². The molecule has 0 bridgehead atoms. The molecule has 6 nitrogen and oxygen atoms in total. The minimum absolute atomic E-state index is 0.0126. The smallest absolute Gasteiger partial charge is 0.260 e. The Bertz CT molecular complexity index is 520. The van der Waals surface area contributed by atoms with Crippen molar-refractivity contribution in [2.45, 2.75) is 32.4 Å². The van der Waals surface area contributed by atoms with Gasteiger partial charge in [0, 0.05) is 25.2 Å². The lowest BCUT2D eigenvalue weighted by Crippen LogP contribution is -2.56. The summed E-state index contributed by atoms with van der Waals surface area (Å²) < 4.78 is 5.52. The van der Waals surface area contributed by atoms with E-state index in [4.69, 9.17) is 10.5 Å². The molecule has 0 aliphatic carbocycles. The van der Waals surface area contributed by atoms with Gasteiger partial charge in [-0.1, -0.05) is 12.1 Å². The number of nitrogens with one attached hydrogen (secondary N) is 1. The molecule has 0 spiro atoms. The van der Waals surface area contributed by atoms with Crippen molar-refractivity contribution in [3.8, 4) is 5.75 Å². The molecule has 1 aromatic rings. The van der Waals surface area contributed by atoms with Crippen LogP contribution in [0.15, 0.2) is 24.3 Å². The molecule has 1 saturated heterocycles. The van der Waals surface area contributed by atoms with Crippen molar-refractivity contribution < 1.29 is 14.3 Å². The maximum Gasteiger partial charge on any atom is 0.260 e. The first kappa shape index (κ1) is 16.3. The third-order valence-corrected chi connectivity index (χ3v) is 3.57. The van der Waals surface area contributed by atoms with Gasteiger partial charge in [-0.15, -0.1) is 0 Å². The Kier molecular flexibility index (Phi) is 5.38. The number of ether oxygens (including phenoxy) is 1. The van der Waals surface area contributed by atoms with Crippen molar-refractivity contribution in [2.75, 3.05) is 19.7 Å². The molecule has 0 unspecified atom stereocenters. The zero-order valence-corrected chi connectivity index (χ0v) is 13.0. The Hall–Kier alpha value is -2.08. The molecular weight excluding hydrogens is 282 g/mol. The van der Waals surface area contributed by atoms with E-state index in [1.54, 1.807) is 24.3 Å². The number of primary amides is 1. The maximum atomic E-state index is 12.2. The molecular formula is C16H23N3O3. The van der Waals surface area contributed by atoms with Crippen LogP contribution >= 0.6 is 0 Å². The molecule has 0 aromatic heterocycles. The molecule has 22 heavy (non-hydrogen) atoms. The molecule has 1 aliphatic heterocycles. The standard InChI is InChI=1S/C16H23N3O3/c1-11-8-19(9-12(2)18-11)16(21)10-22-14-5-3-13(4-6-14)7-15(17)20/h3-6,11-12,18H,7-10H2,1-2H3,(H2,17,20)/t11-,12-/m0/s1. The second-order valence-electron chi connectivity index (χ2n) is 5.84. The highest BCUT2D eigenvalue weighted by molar-refractivity contribution is 5.78. The monoisotopic (exact) mass is 305 g/mol. The predicted molar refractivity (Wildman–Crippen MR) is 83.5 cm³/mol. The molecule has 2 rings (SSSR count). The topological polar surface area (TPSA) is 84.7 Å². The van der Waals surface area contributed by atoms with E-state index in [-0.39, 0.29) is 24.8 Å². The minimum atomic E-state index is -0.370. The van der Waals surface area contributed by atoms with Gasteiger partial charge in [0.05, 0.1) is 6.42 Å². The molecule has 1 heterocycles. The van der Waals surface area contributed by atoms with Crippen molar-refractivity contribution in [3.63, 3.8) is 0 Å². The highest BCUT2D eigenvalue weighted by Gasteiger charge is 2.24. The van der Waals surface area contributed by atoms with Crippen molar-refractivity contribution in [2.24, 2.45) is 5.73 Å². The lowest BCUT2D eigenvalue weighted by molar-refractivity contribution is -0.135. The molecule has 1 aliphatic rings. The number of benzene rings is 1. The maximum absolute atomic E-state index is 12.2. The quantitative estimate of drug-likeness (QED) is 0.819. The fraction of sp³-hybridized carbons (Fsp3) is 0.500. The van der Waals surface area contributed by atoms with Gasteiger partial charge in [-0.25, -0.2) is 0 Å². The first-order valence-electron chi connectivity index (χ1n) is 7.48. The highest BCUT2D eigenvalue weighted by Crippen LogP contribution is 2.13. The van der Waals surface area contributed by atoms with Gasteiger partial charge in [-0.05, 0) is 31.5 Å². The first-order chi connectivity index (χ1) is 10.4. The zero-order chi connectivity index (χ0) is 16.1. The number of rotatable bonds is 5. The molecule has 2 atom stereocenters. The van der Waals surface area contributed by atoms with Crippen LogP contribution in [0.5, 0.6) is 5.75 Å². The zero-order valence-electron chi connectivity index (χ0n) is 13.0. The third-order valence-electron chi connectivity index (χ3n) is 3.57. The first-order valence-corrected chi connectivity index (χ1v) is 7.48. The molecule has 0 saturated carbocycles. The van der Waals surface area contributed by atoms with E-state index >= 15 is 0 Å². The number of nitrogens with zero attached hydrogens (tertiary/aromatic N) is 1. The van der Waals surface area contributed by atoms with Crippen LogP contribution in [0.3, 0.4) is 0 Å². The number of piperazine rings is 1. The summed E-state index contributed by atoms with van der Waals surface area (Å²) in [5.41, 5.74) is 5.97. The average molecular weight is 305 g/mol. The van der Waals surface area contributed by atoms with Crippen molar-refractivity contribution >= 4 is 11.8 Å². The molecule has 1 fully saturated rings. The molecule has 1 aromatic carbocycles. The Morgan fingerprint density at radius 1 is 1.23 bits per heavy atom. The number of carbonyl (C=O) groups excluding carboxylic acids is 2. The number of hydrogen-bond donors (Lipinski definition) is 2. The highest BCUT2D eigenvalue weighted by atomic mass is 16.5. The van der Waals surface area contributed by atoms with E-state index in [0.717, 1.165) is 5.56 Å². The van der Waals surface area contributed by atoms with Crippen LogP contribution in [0.4, 0.5) is 0 Å². The molecule has 3 N–H and O–H groups in total. The third kappa shape index (κ3) is 4.73. The van der Waals surface area contributed by atoms with E-state index in [9.17, 15) is 9.59 Å². The molecule has 0 radical (unpaired) electrons. The van der Waals surface area contributed by atoms with Crippen LogP contribution in [0.25, 0.3) is 0 Å². The largest absolute Gasteiger partial charge is 0.484 e. The van der Waals surface area contributed by atoms with E-state index in [1.165, 1.54) is 0 Å². The van der Waals surface area contributed by atoms with Crippen LogP contribution < -0.4 is 15.8 Å². The van der Waals surface area contributed by atoms with Gasteiger partial charge in [-0.2, -0.15) is 0 Å². The van der Waals surface area contributed by atoms with E-state index < -0.39 is 0 Å². The van der Waals surface area contributed by atoms with Gasteiger partial charge in [-0.3, -0.25) is 9.59 Å². The van der Waals surface area contributed by atoms with Crippen molar-refractivity contribution in [3.05, 3.63) is 29.8 Å². The van der Waals surface area contributed by atoms with Gasteiger partial charge in [0.2, 0.25) is 5.91 Å². The summed E-state index contributed by atoms with van der Waals surface area (Å²) >= 11 is 0. The average Bonchev–Trinajstić information content (AvgIpc) is 2.44. The summed E-state index contributed by atoms with van der Waals surface area (Å²) in [6, 6.07) is 7.63. The Morgan fingerprint density at radius 3 is 2.36 bits per heavy atom.